The number of rotatable bonds is 4. The van der Waals surface area contributed by atoms with Crippen LogP contribution in [0.4, 0.5) is 5.69 Å². The van der Waals surface area contributed by atoms with Gasteiger partial charge in [0.15, 0.2) is 0 Å². The minimum atomic E-state index is 0.362. The van der Waals surface area contributed by atoms with Crippen LogP contribution in [0.3, 0.4) is 0 Å². The van der Waals surface area contributed by atoms with Crippen LogP contribution in [0.1, 0.15) is 36.4 Å². The van der Waals surface area contributed by atoms with E-state index in [-0.39, 0.29) is 0 Å². The van der Waals surface area contributed by atoms with Crippen molar-refractivity contribution < 1.29 is 4.74 Å². The Bertz CT molecular complexity index is 778. The molecule has 0 aromatic heterocycles. The summed E-state index contributed by atoms with van der Waals surface area (Å²) in [4.78, 5) is 0. The standard InChI is InChI=1S/C22H23NO/c1-15(2)14-24-17-11-12-21-20(13-17)18-9-6-10-19(18)22(23-21)16-7-4-3-5-8-16/h3-9,11-13,18-19,22-23H,1,10,14H2,2H3. The van der Waals surface area contributed by atoms with Crippen LogP contribution in [-0.4, -0.2) is 6.61 Å². The van der Waals surface area contributed by atoms with Crippen molar-refractivity contribution >= 4 is 5.69 Å². The zero-order valence-corrected chi connectivity index (χ0v) is 14.0. The van der Waals surface area contributed by atoms with E-state index in [1.165, 1.54) is 16.8 Å². The molecule has 1 heterocycles. The van der Waals surface area contributed by atoms with E-state index in [2.05, 4.69) is 72.6 Å². The van der Waals surface area contributed by atoms with E-state index < -0.39 is 0 Å². The Morgan fingerprint density at radius 1 is 1.21 bits per heavy atom. The second-order valence-corrected chi connectivity index (χ2v) is 6.88. The van der Waals surface area contributed by atoms with E-state index in [1.54, 1.807) is 0 Å². The Hall–Kier alpha value is -2.48. The van der Waals surface area contributed by atoms with Crippen molar-refractivity contribution in [2.24, 2.45) is 5.92 Å². The van der Waals surface area contributed by atoms with Crippen molar-refractivity contribution in [1.82, 2.24) is 0 Å². The van der Waals surface area contributed by atoms with Gasteiger partial charge in [0.2, 0.25) is 0 Å². The van der Waals surface area contributed by atoms with Gasteiger partial charge in [-0.25, -0.2) is 0 Å². The van der Waals surface area contributed by atoms with Crippen LogP contribution in [0.5, 0.6) is 5.75 Å². The molecule has 1 N–H and O–H groups in total. The van der Waals surface area contributed by atoms with Gasteiger partial charge < -0.3 is 10.1 Å². The molecule has 1 aliphatic carbocycles. The molecule has 0 saturated heterocycles. The van der Waals surface area contributed by atoms with Crippen molar-refractivity contribution in [3.63, 3.8) is 0 Å². The third-order valence-electron chi connectivity index (χ3n) is 4.98. The average molecular weight is 317 g/mol. The Kier molecular flexibility index (Phi) is 3.89. The van der Waals surface area contributed by atoms with Gasteiger partial charge in [-0.3, -0.25) is 0 Å². The van der Waals surface area contributed by atoms with Crippen LogP contribution in [-0.2, 0) is 0 Å². The maximum atomic E-state index is 5.84. The van der Waals surface area contributed by atoms with Crippen molar-refractivity contribution in [2.75, 3.05) is 11.9 Å². The maximum absolute atomic E-state index is 5.84. The van der Waals surface area contributed by atoms with Gasteiger partial charge in [-0.15, -0.1) is 0 Å². The molecule has 0 saturated carbocycles. The lowest BCUT2D eigenvalue weighted by Gasteiger charge is -2.37. The highest BCUT2D eigenvalue weighted by atomic mass is 16.5. The minimum absolute atomic E-state index is 0.362. The zero-order valence-electron chi connectivity index (χ0n) is 14.0. The number of hydrogen-bond donors (Lipinski definition) is 1. The van der Waals surface area contributed by atoms with Gasteiger partial charge in [0.1, 0.15) is 12.4 Å². The molecule has 2 heteroatoms. The fourth-order valence-electron chi connectivity index (χ4n) is 3.86. The summed E-state index contributed by atoms with van der Waals surface area (Å²) in [6, 6.07) is 17.5. The molecule has 0 bridgehead atoms. The molecule has 1 aliphatic heterocycles. The molecule has 2 aromatic carbocycles. The second-order valence-electron chi connectivity index (χ2n) is 6.88. The molecule has 0 amide bonds. The fraction of sp³-hybridized carbons (Fsp3) is 0.273. The van der Waals surface area contributed by atoms with Crippen molar-refractivity contribution in [2.45, 2.75) is 25.3 Å². The molecule has 2 aromatic rings. The molecule has 122 valence electrons. The highest BCUT2D eigenvalue weighted by Crippen LogP contribution is 2.50. The lowest BCUT2D eigenvalue weighted by atomic mass is 9.77. The first kappa shape index (κ1) is 15.1. The third kappa shape index (κ3) is 2.73. The SMILES string of the molecule is C=C(C)COc1ccc2c(c1)C1C=CCC1C(c1ccccc1)N2. The molecule has 4 rings (SSSR count). The number of hydrogen-bond acceptors (Lipinski definition) is 2. The Morgan fingerprint density at radius 3 is 2.83 bits per heavy atom. The van der Waals surface area contributed by atoms with Gasteiger partial charge >= 0.3 is 0 Å². The highest BCUT2D eigenvalue weighted by molar-refractivity contribution is 5.61. The molecule has 24 heavy (non-hydrogen) atoms. The summed E-state index contributed by atoms with van der Waals surface area (Å²) in [5.74, 6) is 1.95. The van der Waals surface area contributed by atoms with Crippen LogP contribution in [0, 0.1) is 5.92 Å². The van der Waals surface area contributed by atoms with E-state index in [9.17, 15) is 0 Å². The number of ether oxygens (including phenoxy) is 1. The van der Waals surface area contributed by atoms with Crippen LogP contribution < -0.4 is 10.1 Å². The first-order valence-corrected chi connectivity index (χ1v) is 8.61. The van der Waals surface area contributed by atoms with Crippen LogP contribution in [0.2, 0.25) is 0 Å². The van der Waals surface area contributed by atoms with Crippen LogP contribution >= 0.6 is 0 Å². The highest BCUT2D eigenvalue weighted by Gasteiger charge is 2.37. The second kappa shape index (κ2) is 6.20. The third-order valence-corrected chi connectivity index (χ3v) is 4.98. The monoisotopic (exact) mass is 317 g/mol. The molecule has 2 aliphatic rings. The normalized spacial score (nSPS) is 24.0. The van der Waals surface area contributed by atoms with Crippen molar-refractivity contribution in [1.29, 1.82) is 0 Å². The lowest BCUT2D eigenvalue weighted by molar-refractivity contribution is 0.350. The fourth-order valence-corrected chi connectivity index (χ4v) is 3.86. The molecule has 0 radical (unpaired) electrons. The Balaban J connectivity index is 1.67. The molecular formula is C22H23NO. The van der Waals surface area contributed by atoms with Gasteiger partial charge in [0, 0.05) is 11.6 Å². The number of fused-ring (bicyclic) bond motifs is 3. The smallest absolute Gasteiger partial charge is 0.120 e. The van der Waals surface area contributed by atoms with E-state index in [1.807, 2.05) is 6.92 Å². The molecule has 3 unspecified atom stereocenters. The molecule has 2 nitrogen and oxygen atoms in total. The summed E-state index contributed by atoms with van der Waals surface area (Å²) >= 11 is 0. The van der Waals surface area contributed by atoms with E-state index in [0.717, 1.165) is 17.7 Å². The molecular weight excluding hydrogens is 294 g/mol. The minimum Gasteiger partial charge on any atom is -0.489 e. The first-order valence-electron chi connectivity index (χ1n) is 8.61. The van der Waals surface area contributed by atoms with Crippen LogP contribution in [0.15, 0.2) is 72.8 Å². The lowest BCUT2D eigenvalue weighted by Crippen LogP contribution is -2.29. The van der Waals surface area contributed by atoms with E-state index in [0.29, 0.717) is 24.5 Å². The molecule has 0 fully saturated rings. The summed E-state index contributed by atoms with van der Waals surface area (Å²) in [5, 5.41) is 3.76. The van der Waals surface area contributed by atoms with Gasteiger partial charge in [0.25, 0.3) is 0 Å². The van der Waals surface area contributed by atoms with Gasteiger partial charge in [-0.05, 0) is 54.2 Å². The maximum Gasteiger partial charge on any atom is 0.120 e. The van der Waals surface area contributed by atoms with Gasteiger partial charge in [0.05, 0.1) is 6.04 Å². The molecule has 0 spiro atoms. The first-order chi connectivity index (χ1) is 11.7. The summed E-state index contributed by atoms with van der Waals surface area (Å²) in [6.07, 6.45) is 5.81. The summed E-state index contributed by atoms with van der Waals surface area (Å²) < 4.78 is 5.84. The van der Waals surface area contributed by atoms with Gasteiger partial charge in [-0.1, -0.05) is 49.1 Å². The number of anilines is 1. The zero-order chi connectivity index (χ0) is 16.5. The Morgan fingerprint density at radius 2 is 2.04 bits per heavy atom. The predicted octanol–water partition coefficient (Wildman–Crippen LogP) is 5.47. The van der Waals surface area contributed by atoms with Crippen molar-refractivity contribution in [3.05, 3.63) is 84.0 Å². The summed E-state index contributed by atoms with van der Waals surface area (Å²) in [5.41, 5.74) is 4.97. The van der Waals surface area contributed by atoms with E-state index in [4.69, 9.17) is 4.74 Å². The van der Waals surface area contributed by atoms with E-state index >= 15 is 0 Å². The largest absolute Gasteiger partial charge is 0.489 e. The van der Waals surface area contributed by atoms with Crippen molar-refractivity contribution in [3.8, 4) is 5.75 Å². The predicted molar refractivity (Wildman–Crippen MR) is 99.5 cm³/mol. The summed E-state index contributed by atoms with van der Waals surface area (Å²) in [6.45, 7) is 6.46. The van der Waals surface area contributed by atoms with Crippen LogP contribution in [0.25, 0.3) is 0 Å². The topological polar surface area (TPSA) is 21.3 Å². The van der Waals surface area contributed by atoms with Gasteiger partial charge in [-0.2, -0.15) is 0 Å². The summed E-state index contributed by atoms with van der Waals surface area (Å²) in [7, 11) is 0. The Labute approximate surface area is 143 Å². The average Bonchev–Trinajstić information content (AvgIpc) is 3.10. The molecule has 3 atom stereocenters. The number of allylic oxidation sites excluding steroid dienone is 2. The number of nitrogens with one attached hydrogen (secondary N) is 1. The quantitative estimate of drug-likeness (QED) is 0.755. The number of benzene rings is 2.